The van der Waals surface area contributed by atoms with Gasteiger partial charge in [0.25, 0.3) is 0 Å². The first-order chi connectivity index (χ1) is 8.55. The highest BCUT2D eigenvalue weighted by atomic mass is 19.1. The maximum atomic E-state index is 13.3. The lowest BCUT2D eigenvalue weighted by atomic mass is 9.85. The van der Waals surface area contributed by atoms with E-state index in [4.69, 9.17) is 5.73 Å². The Bertz CT molecular complexity index is 537. The Morgan fingerprint density at radius 3 is 2.78 bits per heavy atom. The Hall–Kier alpha value is -1.75. The van der Waals surface area contributed by atoms with Crippen LogP contribution in [0.3, 0.4) is 0 Å². The first kappa shape index (κ1) is 12.7. The molecule has 0 radical (unpaired) electrons. The van der Waals surface area contributed by atoms with Crippen LogP contribution >= 0.6 is 0 Å². The number of rotatable bonds is 4. The molecule has 0 amide bonds. The fourth-order valence-corrected chi connectivity index (χ4v) is 1.99. The zero-order chi connectivity index (χ0) is 13.2. The molecule has 0 saturated carbocycles. The van der Waals surface area contributed by atoms with Crippen molar-refractivity contribution in [3.8, 4) is 0 Å². The van der Waals surface area contributed by atoms with Gasteiger partial charge in [-0.25, -0.2) is 9.37 Å². The molecule has 0 aliphatic rings. The smallest absolute Gasteiger partial charge is 0.138 e. The lowest BCUT2D eigenvalue weighted by Gasteiger charge is -2.28. The van der Waals surface area contributed by atoms with E-state index in [-0.39, 0.29) is 5.82 Å². The largest absolute Gasteiger partial charge is 0.321 e. The summed E-state index contributed by atoms with van der Waals surface area (Å²) < 4.78 is 15.0. The van der Waals surface area contributed by atoms with Gasteiger partial charge < -0.3 is 5.73 Å². The minimum absolute atomic E-state index is 0.270. The van der Waals surface area contributed by atoms with Crippen LogP contribution in [-0.2, 0) is 19.0 Å². The summed E-state index contributed by atoms with van der Waals surface area (Å²) in [6.45, 7) is 1.99. The van der Waals surface area contributed by atoms with E-state index in [0.29, 0.717) is 12.8 Å². The van der Waals surface area contributed by atoms with E-state index < -0.39 is 5.54 Å². The van der Waals surface area contributed by atoms with Gasteiger partial charge in [-0.3, -0.25) is 4.68 Å². The fourth-order valence-electron chi connectivity index (χ4n) is 1.99. The van der Waals surface area contributed by atoms with Crippen LogP contribution in [0.15, 0.2) is 30.6 Å². The Morgan fingerprint density at radius 2 is 2.22 bits per heavy atom. The molecule has 1 aromatic carbocycles. The summed E-state index contributed by atoms with van der Waals surface area (Å²) in [6, 6.07) is 6.43. The normalized spacial score (nSPS) is 14.4. The lowest BCUT2D eigenvalue weighted by Crippen LogP contribution is -2.39. The van der Waals surface area contributed by atoms with Gasteiger partial charge in [-0.1, -0.05) is 19.1 Å². The van der Waals surface area contributed by atoms with Gasteiger partial charge in [0.15, 0.2) is 0 Å². The molecular weight excluding hydrogens is 231 g/mol. The van der Waals surface area contributed by atoms with E-state index in [1.807, 2.05) is 20.0 Å². The standard InChI is InChI=1S/C13H17FN4/c1-3-13(15,8-12-16-9-17-18(12)2)10-5-4-6-11(14)7-10/h4-7,9H,3,8,15H2,1-2H3. The van der Waals surface area contributed by atoms with Crippen LogP contribution in [0.25, 0.3) is 0 Å². The first-order valence-corrected chi connectivity index (χ1v) is 5.93. The number of aromatic nitrogens is 3. The molecule has 2 N–H and O–H groups in total. The van der Waals surface area contributed by atoms with Crippen molar-refractivity contribution in [2.75, 3.05) is 0 Å². The Labute approximate surface area is 106 Å². The monoisotopic (exact) mass is 248 g/mol. The van der Waals surface area contributed by atoms with Crippen LogP contribution in [0.1, 0.15) is 24.7 Å². The van der Waals surface area contributed by atoms with E-state index >= 15 is 0 Å². The van der Waals surface area contributed by atoms with Crippen molar-refractivity contribution in [1.82, 2.24) is 14.8 Å². The lowest BCUT2D eigenvalue weighted by molar-refractivity contribution is 0.405. The second-order valence-corrected chi connectivity index (χ2v) is 4.50. The summed E-state index contributed by atoms with van der Waals surface area (Å²) >= 11 is 0. The molecule has 0 aliphatic carbocycles. The number of nitrogens with two attached hydrogens (primary N) is 1. The molecule has 0 bridgehead atoms. The van der Waals surface area contributed by atoms with Crippen LogP contribution in [0.2, 0.25) is 0 Å². The number of nitrogens with zero attached hydrogens (tertiary/aromatic N) is 3. The van der Waals surface area contributed by atoms with Gasteiger partial charge in [0, 0.05) is 19.0 Å². The predicted octanol–water partition coefficient (Wildman–Crippen LogP) is 1.76. The number of benzene rings is 1. The SMILES string of the molecule is CCC(N)(Cc1ncnn1C)c1cccc(F)c1. The quantitative estimate of drug-likeness (QED) is 0.897. The minimum Gasteiger partial charge on any atom is -0.321 e. The van der Waals surface area contributed by atoms with Gasteiger partial charge in [-0.15, -0.1) is 0 Å². The molecule has 5 heteroatoms. The minimum atomic E-state index is -0.622. The van der Waals surface area contributed by atoms with E-state index in [2.05, 4.69) is 10.1 Å². The highest BCUT2D eigenvalue weighted by Gasteiger charge is 2.27. The Balaban J connectivity index is 2.33. The number of halogens is 1. The third-order valence-corrected chi connectivity index (χ3v) is 3.31. The first-order valence-electron chi connectivity index (χ1n) is 5.93. The van der Waals surface area contributed by atoms with Crippen LogP contribution in [0.5, 0.6) is 0 Å². The molecule has 1 heterocycles. The second-order valence-electron chi connectivity index (χ2n) is 4.50. The van der Waals surface area contributed by atoms with E-state index in [1.165, 1.54) is 18.5 Å². The summed E-state index contributed by atoms with van der Waals surface area (Å²) in [7, 11) is 1.82. The summed E-state index contributed by atoms with van der Waals surface area (Å²) in [6.07, 6.45) is 2.73. The molecule has 1 atom stereocenters. The van der Waals surface area contributed by atoms with Gasteiger partial charge >= 0.3 is 0 Å². The number of aryl methyl sites for hydroxylation is 1. The molecule has 96 valence electrons. The van der Waals surface area contributed by atoms with Gasteiger partial charge in [0.05, 0.1) is 0 Å². The molecule has 2 aromatic rings. The third kappa shape index (κ3) is 2.41. The highest BCUT2D eigenvalue weighted by molar-refractivity contribution is 5.26. The average Bonchev–Trinajstić information content (AvgIpc) is 2.75. The molecular formula is C13H17FN4. The van der Waals surface area contributed by atoms with Gasteiger partial charge in [-0.2, -0.15) is 5.10 Å². The van der Waals surface area contributed by atoms with Crippen molar-refractivity contribution < 1.29 is 4.39 Å². The van der Waals surface area contributed by atoms with Crippen LogP contribution in [-0.4, -0.2) is 14.8 Å². The van der Waals surface area contributed by atoms with Crippen molar-refractivity contribution in [3.05, 3.63) is 47.8 Å². The zero-order valence-electron chi connectivity index (χ0n) is 10.6. The molecule has 4 nitrogen and oxygen atoms in total. The summed E-state index contributed by atoms with van der Waals surface area (Å²) in [4.78, 5) is 4.17. The van der Waals surface area contributed by atoms with Crippen molar-refractivity contribution in [3.63, 3.8) is 0 Å². The summed E-state index contributed by atoms with van der Waals surface area (Å²) in [5, 5.41) is 4.02. The number of hydrogen-bond acceptors (Lipinski definition) is 3. The molecule has 1 unspecified atom stereocenters. The van der Waals surface area contributed by atoms with Crippen LogP contribution in [0.4, 0.5) is 4.39 Å². The molecule has 0 fully saturated rings. The molecule has 2 rings (SSSR count). The van der Waals surface area contributed by atoms with Crippen molar-refractivity contribution >= 4 is 0 Å². The maximum Gasteiger partial charge on any atom is 0.138 e. The zero-order valence-corrected chi connectivity index (χ0v) is 10.6. The summed E-state index contributed by atoms with van der Waals surface area (Å²) in [5.74, 6) is 0.525. The van der Waals surface area contributed by atoms with Crippen molar-refractivity contribution in [2.45, 2.75) is 25.3 Å². The average molecular weight is 248 g/mol. The Morgan fingerprint density at radius 1 is 1.44 bits per heavy atom. The fraction of sp³-hybridized carbons (Fsp3) is 0.385. The van der Waals surface area contributed by atoms with Crippen LogP contribution in [0, 0.1) is 5.82 Å². The summed E-state index contributed by atoms with van der Waals surface area (Å²) in [5.41, 5.74) is 6.56. The van der Waals surface area contributed by atoms with E-state index in [9.17, 15) is 4.39 Å². The molecule has 0 spiro atoms. The van der Waals surface area contributed by atoms with E-state index in [1.54, 1.807) is 10.7 Å². The molecule has 18 heavy (non-hydrogen) atoms. The van der Waals surface area contributed by atoms with Gasteiger partial charge in [-0.05, 0) is 24.1 Å². The third-order valence-electron chi connectivity index (χ3n) is 3.31. The topological polar surface area (TPSA) is 56.7 Å². The van der Waals surface area contributed by atoms with Crippen LogP contribution < -0.4 is 5.73 Å². The second kappa shape index (κ2) is 4.86. The molecule has 0 saturated heterocycles. The van der Waals surface area contributed by atoms with Crippen molar-refractivity contribution in [1.29, 1.82) is 0 Å². The predicted molar refractivity (Wildman–Crippen MR) is 67.3 cm³/mol. The van der Waals surface area contributed by atoms with Gasteiger partial charge in [0.2, 0.25) is 0 Å². The maximum absolute atomic E-state index is 13.3. The molecule has 0 aliphatic heterocycles. The number of hydrogen-bond donors (Lipinski definition) is 1. The molecule has 1 aromatic heterocycles. The highest BCUT2D eigenvalue weighted by Crippen LogP contribution is 2.26. The van der Waals surface area contributed by atoms with Gasteiger partial charge in [0.1, 0.15) is 18.0 Å². The Kier molecular flexibility index (Phi) is 3.43. The van der Waals surface area contributed by atoms with E-state index in [0.717, 1.165) is 11.4 Å². The van der Waals surface area contributed by atoms with Crippen molar-refractivity contribution in [2.24, 2.45) is 12.8 Å².